The molecule has 62 heavy (non-hydrogen) atoms. The fraction of sp³-hybridized carbons (Fsp3) is 0.612. The van der Waals surface area contributed by atoms with E-state index in [1.807, 2.05) is 40.3 Å². The van der Waals surface area contributed by atoms with Crippen LogP contribution in [0.5, 0.6) is 0 Å². The number of aliphatic hydroxyl groups excluding tert-OH is 2. The molecular weight excluding hydrogens is 783 g/mol. The average molecular weight is 856 g/mol. The van der Waals surface area contributed by atoms with Crippen LogP contribution in [0.2, 0.25) is 0 Å². The van der Waals surface area contributed by atoms with E-state index in [0.717, 1.165) is 101 Å². The van der Waals surface area contributed by atoms with Crippen molar-refractivity contribution in [2.24, 2.45) is 0 Å². The molecule has 4 atom stereocenters. The highest BCUT2D eigenvalue weighted by atomic mass is 16.4. The summed E-state index contributed by atoms with van der Waals surface area (Å²) in [6.45, 7) is 10.1. The number of rotatable bonds is 24. The third kappa shape index (κ3) is 18.3. The molecule has 13 heteroatoms. The normalized spacial score (nSPS) is 18.2. The summed E-state index contributed by atoms with van der Waals surface area (Å²) in [4.78, 5) is 43.8. The molecule has 340 valence electrons. The summed E-state index contributed by atoms with van der Waals surface area (Å²) in [5, 5.41) is 43.6. The molecule has 2 amide bonds. The van der Waals surface area contributed by atoms with Crippen LogP contribution >= 0.6 is 0 Å². The lowest BCUT2D eigenvalue weighted by atomic mass is 9.98. The number of H-pyrrole nitrogens is 1. The van der Waals surface area contributed by atoms with Crippen LogP contribution in [-0.2, 0) is 33.6 Å². The van der Waals surface area contributed by atoms with Crippen LogP contribution in [0, 0.1) is 0 Å². The van der Waals surface area contributed by atoms with Crippen LogP contribution < -0.4 is 0 Å². The van der Waals surface area contributed by atoms with E-state index in [9.17, 15) is 24.6 Å². The number of nitrogens with zero attached hydrogens (tertiary/aromatic N) is 6. The van der Waals surface area contributed by atoms with Gasteiger partial charge in [0.05, 0.1) is 24.3 Å². The van der Waals surface area contributed by atoms with Crippen LogP contribution in [0.4, 0.5) is 0 Å². The standard InChI is InChI=1S/C25H37N5O2.C24H36N2O4/c1-19(2)21-13-11-20(12-14-21)18-23(31)16-15-22-8-7-10-25(32)30(22)17-6-4-3-5-9-24-26-28-29-27-24;1-18(2)19-11-12-20(25-17-19)16-22(27)14-13-21-8-7-9-23(28)26(21)15-6-4-3-5-10-24(29)30/h11-16,19,22-23,31H,3-10,17-18H2,1-2H3,(H,26,27,28,29);11-14,17-18,21-22,27H,3-10,15-16H2,1-2H3,(H,29,30)/t22-,23?;21-,22?/m11/s1. The number of amides is 2. The van der Waals surface area contributed by atoms with E-state index < -0.39 is 18.2 Å². The number of carboxylic acid groups (broad SMARTS) is 1. The molecule has 3 aromatic rings. The number of benzene rings is 1. The maximum Gasteiger partial charge on any atom is 0.303 e. The van der Waals surface area contributed by atoms with E-state index in [-0.39, 0.29) is 30.3 Å². The molecule has 4 heterocycles. The number of likely N-dealkylation sites (tertiary alicyclic amines) is 2. The number of carbonyl (C=O) groups excluding carboxylic acids is 2. The Balaban J connectivity index is 0.000000273. The molecule has 0 bridgehead atoms. The Morgan fingerprint density at radius 2 is 1.29 bits per heavy atom. The third-order valence-electron chi connectivity index (χ3n) is 11.8. The summed E-state index contributed by atoms with van der Waals surface area (Å²) in [5.41, 5.74) is 4.48. The zero-order valence-electron chi connectivity index (χ0n) is 37.7. The van der Waals surface area contributed by atoms with E-state index in [1.54, 1.807) is 6.08 Å². The number of hydrogen-bond acceptors (Lipinski definition) is 9. The van der Waals surface area contributed by atoms with Crippen molar-refractivity contribution in [3.05, 3.63) is 95.1 Å². The predicted molar refractivity (Wildman–Crippen MR) is 242 cm³/mol. The topological polar surface area (TPSA) is 186 Å². The van der Waals surface area contributed by atoms with Gasteiger partial charge in [-0.1, -0.05) is 113 Å². The van der Waals surface area contributed by atoms with Crippen LogP contribution in [0.25, 0.3) is 0 Å². The highest BCUT2D eigenvalue weighted by Crippen LogP contribution is 2.23. The number of aliphatic carboxylic acids is 1. The lowest BCUT2D eigenvalue weighted by Gasteiger charge is -2.34. The van der Waals surface area contributed by atoms with Gasteiger partial charge in [0.15, 0.2) is 5.82 Å². The van der Waals surface area contributed by atoms with Gasteiger partial charge >= 0.3 is 5.97 Å². The number of pyridine rings is 1. The van der Waals surface area contributed by atoms with Gasteiger partial charge in [-0.3, -0.25) is 19.4 Å². The molecule has 0 aliphatic carbocycles. The van der Waals surface area contributed by atoms with Crippen molar-refractivity contribution < 1.29 is 29.7 Å². The Kier molecular flexibility index (Phi) is 22.0. The second-order valence-electron chi connectivity index (χ2n) is 17.6. The van der Waals surface area contributed by atoms with Gasteiger partial charge in [-0.25, -0.2) is 0 Å². The molecule has 5 rings (SSSR count). The van der Waals surface area contributed by atoms with Gasteiger partial charge in [0.25, 0.3) is 0 Å². The Morgan fingerprint density at radius 1 is 0.742 bits per heavy atom. The van der Waals surface area contributed by atoms with Crippen molar-refractivity contribution in [2.45, 2.75) is 179 Å². The van der Waals surface area contributed by atoms with E-state index >= 15 is 0 Å². The number of hydrogen-bond donors (Lipinski definition) is 4. The highest BCUT2D eigenvalue weighted by molar-refractivity contribution is 5.78. The van der Waals surface area contributed by atoms with Gasteiger partial charge in [-0.15, -0.1) is 10.2 Å². The molecule has 2 aliphatic heterocycles. The first-order valence-electron chi connectivity index (χ1n) is 23.2. The summed E-state index contributed by atoms with van der Waals surface area (Å²) in [6, 6.07) is 12.6. The number of aromatic amines is 1. The van der Waals surface area contributed by atoms with E-state index in [0.29, 0.717) is 50.5 Å². The zero-order valence-corrected chi connectivity index (χ0v) is 37.7. The number of nitrogens with one attached hydrogen (secondary N) is 1. The van der Waals surface area contributed by atoms with Crippen LogP contribution in [0.1, 0.15) is 164 Å². The minimum Gasteiger partial charge on any atom is -0.481 e. The van der Waals surface area contributed by atoms with Crippen molar-refractivity contribution in [1.82, 2.24) is 35.4 Å². The monoisotopic (exact) mass is 856 g/mol. The molecule has 13 nitrogen and oxygen atoms in total. The number of unbranched alkanes of at least 4 members (excludes halogenated alkanes) is 6. The van der Waals surface area contributed by atoms with E-state index in [2.05, 4.69) is 83.6 Å². The number of tetrazole rings is 1. The molecule has 2 saturated heterocycles. The van der Waals surface area contributed by atoms with Crippen molar-refractivity contribution in [1.29, 1.82) is 0 Å². The van der Waals surface area contributed by atoms with Crippen molar-refractivity contribution in [3.63, 3.8) is 0 Å². The summed E-state index contributed by atoms with van der Waals surface area (Å²) in [5.74, 6) is 1.35. The average Bonchev–Trinajstić information content (AvgIpc) is 3.77. The van der Waals surface area contributed by atoms with Crippen LogP contribution in [0.15, 0.2) is 66.9 Å². The largest absolute Gasteiger partial charge is 0.481 e. The summed E-state index contributed by atoms with van der Waals surface area (Å²) in [7, 11) is 0. The fourth-order valence-corrected chi connectivity index (χ4v) is 8.04. The predicted octanol–water partition coefficient (Wildman–Crippen LogP) is 8.05. The van der Waals surface area contributed by atoms with Crippen molar-refractivity contribution in [3.8, 4) is 0 Å². The molecule has 4 N–H and O–H groups in total. The number of aliphatic hydroxyl groups is 2. The van der Waals surface area contributed by atoms with Crippen molar-refractivity contribution in [2.75, 3.05) is 13.1 Å². The molecule has 2 fully saturated rings. The maximum atomic E-state index is 12.5. The smallest absolute Gasteiger partial charge is 0.303 e. The van der Waals surface area contributed by atoms with Gasteiger partial charge in [0, 0.05) is 63.5 Å². The first kappa shape index (κ1) is 49.9. The lowest BCUT2D eigenvalue weighted by Crippen LogP contribution is -2.43. The van der Waals surface area contributed by atoms with Crippen molar-refractivity contribution >= 4 is 17.8 Å². The Labute approximate surface area is 369 Å². The van der Waals surface area contributed by atoms with Gasteiger partial charge in [0.2, 0.25) is 11.8 Å². The third-order valence-corrected chi connectivity index (χ3v) is 11.8. The fourth-order valence-electron chi connectivity index (χ4n) is 8.04. The Bertz CT molecular complexity index is 1800. The molecule has 2 unspecified atom stereocenters. The molecule has 0 spiro atoms. The Morgan fingerprint density at radius 3 is 1.81 bits per heavy atom. The minimum atomic E-state index is -0.754. The van der Waals surface area contributed by atoms with Gasteiger partial charge < -0.3 is 25.1 Å². The van der Waals surface area contributed by atoms with E-state index in [4.69, 9.17) is 5.11 Å². The van der Waals surface area contributed by atoms with Crippen LogP contribution in [0.3, 0.4) is 0 Å². The number of aryl methyl sites for hydroxylation is 1. The summed E-state index contributed by atoms with van der Waals surface area (Å²) < 4.78 is 0. The van der Waals surface area contributed by atoms with Gasteiger partial charge in [-0.2, -0.15) is 5.21 Å². The quantitative estimate of drug-likeness (QED) is 0.0508. The minimum absolute atomic E-state index is 0.0243. The van der Waals surface area contributed by atoms with E-state index in [1.165, 1.54) is 11.1 Å². The number of carboxylic acids is 1. The summed E-state index contributed by atoms with van der Waals surface area (Å²) in [6.07, 6.45) is 22.9. The summed E-state index contributed by atoms with van der Waals surface area (Å²) >= 11 is 0. The number of aromatic nitrogens is 5. The molecule has 0 saturated carbocycles. The zero-order chi connectivity index (χ0) is 44.7. The second kappa shape index (κ2) is 27.3. The highest BCUT2D eigenvalue weighted by Gasteiger charge is 2.27. The SMILES string of the molecule is CC(C)c1ccc(CC(O)C=C[C@H]2CCCC(=O)N2CCCCCCC(=O)O)nc1.CC(C)c1ccc(CC(O)C=C[C@H]2CCCC(=O)N2CCCCCCc2nn[nH]n2)cc1. The first-order chi connectivity index (χ1) is 29.9. The molecule has 2 aromatic heterocycles. The molecule has 2 aliphatic rings. The number of carbonyl (C=O) groups is 3. The molecular formula is C49H73N7O6. The van der Waals surface area contributed by atoms with Gasteiger partial charge in [0.1, 0.15) is 0 Å². The van der Waals surface area contributed by atoms with Crippen LogP contribution in [-0.4, -0.2) is 106 Å². The number of piperidine rings is 2. The first-order valence-corrected chi connectivity index (χ1v) is 23.2. The lowest BCUT2D eigenvalue weighted by molar-refractivity contribution is -0.137. The Hall–Kier alpha value is -4.75. The second-order valence-corrected chi connectivity index (χ2v) is 17.6. The maximum absolute atomic E-state index is 12.5. The molecule has 0 radical (unpaired) electrons. The molecule has 1 aromatic carbocycles. The van der Waals surface area contributed by atoms with Gasteiger partial charge in [-0.05, 0) is 86.0 Å².